The van der Waals surface area contributed by atoms with E-state index in [-0.39, 0.29) is 11.4 Å². The highest BCUT2D eigenvalue weighted by Crippen LogP contribution is 2.21. The van der Waals surface area contributed by atoms with Crippen LogP contribution in [0.15, 0.2) is 45.9 Å². The number of aryl methyl sites for hydroxylation is 2. The molecule has 0 amide bonds. The van der Waals surface area contributed by atoms with Crippen molar-refractivity contribution in [3.63, 3.8) is 0 Å². The number of anilines is 2. The van der Waals surface area contributed by atoms with Crippen molar-refractivity contribution in [1.29, 1.82) is 0 Å². The second-order valence-corrected chi connectivity index (χ2v) is 9.13. The summed E-state index contributed by atoms with van der Waals surface area (Å²) < 4.78 is 38.4. The molecule has 2 aromatic heterocycles. The predicted molar refractivity (Wildman–Crippen MR) is 120 cm³/mol. The molecule has 3 heterocycles. The summed E-state index contributed by atoms with van der Waals surface area (Å²) in [5, 5.41) is 3.17. The van der Waals surface area contributed by atoms with Gasteiger partial charge in [0, 0.05) is 44.7 Å². The van der Waals surface area contributed by atoms with Crippen LogP contribution in [-0.4, -0.2) is 62.8 Å². The Morgan fingerprint density at radius 1 is 1.03 bits per heavy atom. The van der Waals surface area contributed by atoms with Crippen LogP contribution >= 0.6 is 0 Å². The normalized spacial score (nSPS) is 14.5. The molecule has 32 heavy (non-hydrogen) atoms. The first-order valence-electron chi connectivity index (χ1n) is 10.4. The predicted octanol–water partition coefficient (Wildman–Crippen LogP) is 1.98. The van der Waals surface area contributed by atoms with E-state index < -0.39 is 10.0 Å². The number of nitrogens with zero attached hydrogens (tertiary/aromatic N) is 4. The molecule has 1 aliphatic heterocycles. The Labute approximate surface area is 187 Å². The zero-order chi connectivity index (χ0) is 22.6. The van der Waals surface area contributed by atoms with Crippen LogP contribution < -0.4 is 14.9 Å². The van der Waals surface area contributed by atoms with Crippen LogP contribution in [-0.2, 0) is 14.8 Å². The van der Waals surface area contributed by atoms with Crippen LogP contribution in [0.1, 0.15) is 11.7 Å². The first-order valence-corrected chi connectivity index (χ1v) is 11.8. The molecule has 4 rings (SSSR count). The van der Waals surface area contributed by atoms with Crippen LogP contribution in [0.25, 0.3) is 11.3 Å². The van der Waals surface area contributed by atoms with Crippen molar-refractivity contribution in [2.45, 2.75) is 18.7 Å². The summed E-state index contributed by atoms with van der Waals surface area (Å²) in [5.41, 5.74) is 1.46. The number of morpholine rings is 1. The monoisotopic (exact) mass is 458 g/mol. The maximum atomic E-state index is 12.6. The molecule has 170 valence electrons. The number of aromatic nitrogens is 3. The lowest BCUT2D eigenvalue weighted by molar-refractivity contribution is 0.122. The fraction of sp³-hybridized carbons (Fsp3) is 0.381. The lowest BCUT2D eigenvalue weighted by Gasteiger charge is -2.28. The Bertz CT molecular complexity index is 1160. The van der Waals surface area contributed by atoms with E-state index in [1.807, 2.05) is 13.0 Å². The Hall–Kier alpha value is -3.02. The van der Waals surface area contributed by atoms with Crippen molar-refractivity contribution in [3.8, 4) is 11.3 Å². The van der Waals surface area contributed by atoms with E-state index in [0.29, 0.717) is 43.0 Å². The van der Waals surface area contributed by atoms with Gasteiger partial charge < -0.3 is 19.4 Å². The lowest BCUT2D eigenvalue weighted by Crippen LogP contribution is -2.37. The summed E-state index contributed by atoms with van der Waals surface area (Å²) in [5.74, 6) is 2.71. The van der Waals surface area contributed by atoms with Gasteiger partial charge >= 0.3 is 0 Å². The SMILES string of the molecule is Cc1nc(NCCNS(=O)(=O)c2ccc(-c3coc(C)n3)cc2)cc(N2CCOCC2)n1. The Balaban J connectivity index is 1.32. The van der Waals surface area contributed by atoms with E-state index >= 15 is 0 Å². The van der Waals surface area contributed by atoms with Crippen LogP contribution in [0, 0.1) is 13.8 Å². The number of ether oxygens (including phenoxy) is 1. The molecular formula is C21H26N6O4S. The van der Waals surface area contributed by atoms with E-state index in [1.165, 1.54) is 0 Å². The maximum Gasteiger partial charge on any atom is 0.240 e. The summed E-state index contributed by atoms with van der Waals surface area (Å²) in [7, 11) is -3.63. The largest absolute Gasteiger partial charge is 0.449 e. The first-order chi connectivity index (χ1) is 15.4. The molecule has 3 aromatic rings. The van der Waals surface area contributed by atoms with Gasteiger partial charge in [0.2, 0.25) is 10.0 Å². The molecule has 0 aliphatic carbocycles. The number of nitrogens with one attached hydrogen (secondary N) is 2. The lowest BCUT2D eigenvalue weighted by atomic mass is 10.2. The fourth-order valence-corrected chi connectivity index (χ4v) is 4.39. The molecule has 2 N–H and O–H groups in total. The van der Waals surface area contributed by atoms with Gasteiger partial charge in [-0.1, -0.05) is 12.1 Å². The minimum atomic E-state index is -3.63. The molecule has 0 saturated carbocycles. The highest BCUT2D eigenvalue weighted by atomic mass is 32.2. The number of hydrogen-bond donors (Lipinski definition) is 2. The molecule has 1 fully saturated rings. The Morgan fingerprint density at radius 2 is 1.78 bits per heavy atom. The smallest absolute Gasteiger partial charge is 0.240 e. The van der Waals surface area contributed by atoms with Crippen LogP contribution in [0.4, 0.5) is 11.6 Å². The molecule has 0 atom stereocenters. The molecule has 1 aromatic carbocycles. The average Bonchev–Trinajstić information content (AvgIpc) is 3.23. The molecular weight excluding hydrogens is 432 g/mol. The molecule has 1 saturated heterocycles. The van der Waals surface area contributed by atoms with Crippen molar-refractivity contribution < 1.29 is 17.6 Å². The van der Waals surface area contributed by atoms with Crippen LogP contribution in [0.5, 0.6) is 0 Å². The summed E-state index contributed by atoms with van der Waals surface area (Å²) in [6, 6.07) is 8.40. The summed E-state index contributed by atoms with van der Waals surface area (Å²) >= 11 is 0. The number of rotatable bonds is 8. The topological polar surface area (TPSA) is 122 Å². The molecule has 0 spiro atoms. The number of sulfonamides is 1. The Morgan fingerprint density at radius 3 is 2.47 bits per heavy atom. The van der Waals surface area contributed by atoms with Gasteiger partial charge in [0.25, 0.3) is 0 Å². The molecule has 0 unspecified atom stereocenters. The van der Waals surface area contributed by atoms with Gasteiger partial charge in [0.15, 0.2) is 5.89 Å². The van der Waals surface area contributed by atoms with Crippen LogP contribution in [0.2, 0.25) is 0 Å². The highest BCUT2D eigenvalue weighted by Gasteiger charge is 2.16. The van der Waals surface area contributed by atoms with Crippen molar-refractivity contribution in [2.24, 2.45) is 0 Å². The van der Waals surface area contributed by atoms with Gasteiger partial charge in [-0.05, 0) is 19.1 Å². The zero-order valence-corrected chi connectivity index (χ0v) is 18.9. The first kappa shape index (κ1) is 22.2. The second-order valence-electron chi connectivity index (χ2n) is 7.36. The fourth-order valence-electron chi connectivity index (χ4n) is 3.36. The zero-order valence-electron chi connectivity index (χ0n) is 18.0. The summed E-state index contributed by atoms with van der Waals surface area (Å²) in [4.78, 5) is 15.5. The van der Waals surface area contributed by atoms with Gasteiger partial charge in [0.05, 0.1) is 18.1 Å². The van der Waals surface area contributed by atoms with E-state index in [4.69, 9.17) is 9.15 Å². The third-order valence-corrected chi connectivity index (χ3v) is 6.44. The summed E-state index contributed by atoms with van der Waals surface area (Å²) in [6.45, 7) is 7.10. The molecule has 0 bridgehead atoms. The number of oxazole rings is 1. The molecule has 11 heteroatoms. The molecule has 1 aliphatic rings. The van der Waals surface area contributed by atoms with Gasteiger partial charge in [-0.25, -0.2) is 28.1 Å². The minimum absolute atomic E-state index is 0.189. The van der Waals surface area contributed by atoms with Gasteiger partial charge in [-0.15, -0.1) is 0 Å². The third kappa shape index (κ3) is 5.42. The number of hydrogen-bond acceptors (Lipinski definition) is 9. The second kappa shape index (κ2) is 9.63. The van der Waals surface area contributed by atoms with E-state index in [0.717, 1.165) is 24.5 Å². The molecule has 10 nitrogen and oxygen atoms in total. The Kier molecular flexibility index (Phi) is 6.68. The average molecular weight is 459 g/mol. The number of benzene rings is 1. The standard InChI is InChI=1S/C21H26N6O4S/c1-15-24-20(13-21(25-15)27-9-11-30-12-10-27)22-7-8-23-32(28,29)18-5-3-17(4-6-18)19-14-31-16(2)26-19/h3-6,13-14,23H,7-12H2,1-2H3,(H,22,24,25). The van der Waals surface area contributed by atoms with E-state index in [2.05, 4.69) is 29.9 Å². The minimum Gasteiger partial charge on any atom is -0.449 e. The van der Waals surface area contributed by atoms with E-state index in [9.17, 15) is 8.42 Å². The highest BCUT2D eigenvalue weighted by molar-refractivity contribution is 7.89. The van der Waals surface area contributed by atoms with Crippen molar-refractivity contribution in [1.82, 2.24) is 19.7 Å². The van der Waals surface area contributed by atoms with E-state index in [1.54, 1.807) is 37.5 Å². The van der Waals surface area contributed by atoms with Gasteiger partial charge in [-0.2, -0.15) is 0 Å². The molecule has 0 radical (unpaired) electrons. The quantitative estimate of drug-likeness (QED) is 0.488. The van der Waals surface area contributed by atoms with Crippen LogP contribution in [0.3, 0.4) is 0 Å². The van der Waals surface area contributed by atoms with Crippen molar-refractivity contribution >= 4 is 21.7 Å². The van der Waals surface area contributed by atoms with Crippen molar-refractivity contribution in [2.75, 3.05) is 49.6 Å². The van der Waals surface area contributed by atoms with Crippen molar-refractivity contribution in [3.05, 3.63) is 48.3 Å². The maximum absolute atomic E-state index is 12.6. The summed E-state index contributed by atoms with van der Waals surface area (Å²) in [6.07, 6.45) is 1.54. The third-order valence-electron chi connectivity index (χ3n) is 4.96. The van der Waals surface area contributed by atoms with Gasteiger partial charge in [-0.3, -0.25) is 0 Å². The van der Waals surface area contributed by atoms with Gasteiger partial charge in [0.1, 0.15) is 29.4 Å².